The molecule has 2 heterocycles. The number of nitrogens with one attached hydrogen (secondary N) is 1. The molecule has 0 aliphatic carbocycles. The zero-order valence-corrected chi connectivity index (χ0v) is 12.8. The van der Waals surface area contributed by atoms with Crippen LogP contribution in [0.3, 0.4) is 0 Å². The lowest BCUT2D eigenvalue weighted by atomic mass is 10.3. The van der Waals surface area contributed by atoms with Gasteiger partial charge in [-0.05, 0) is 19.5 Å². The summed E-state index contributed by atoms with van der Waals surface area (Å²) in [4.78, 5) is 25.8. The van der Waals surface area contributed by atoms with E-state index >= 15 is 0 Å². The second-order valence-corrected chi connectivity index (χ2v) is 5.36. The van der Waals surface area contributed by atoms with Crippen LogP contribution < -0.4 is 16.6 Å². The molecule has 0 spiro atoms. The van der Waals surface area contributed by atoms with Gasteiger partial charge in [-0.3, -0.25) is 18.8 Å². The van der Waals surface area contributed by atoms with Crippen molar-refractivity contribution in [3.05, 3.63) is 32.6 Å². The van der Waals surface area contributed by atoms with E-state index in [2.05, 4.69) is 10.2 Å². The molecule has 21 heavy (non-hydrogen) atoms. The number of rotatable bonds is 6. The Bertz CT molecular complexity index is 573. The minimum atomic E-state index is -0.285. The van der Waals surface area contributed by atoms with Crippen LogP contribution in [-0.2, 0) is 25.4 Å². The van der Waals surface area contributed by atoms with Crippen molar-refractivity contribution in [2.75, 3.05) is 39.4 Å². The maximum atomic E-state index is 11.8. The third kappa shape index (κ3) is 4.26. The summed E-state index contributed by atoms with van der Waals surface area (Å²) in [5, 5.41) is 3.29. The van der Waals surface area contributed by atoms with Crippen LogP contribution in [0.25, 0.3) is 0 Å². The zero-order chi connectivity index (χ0) is 15.2. The normalized spacial score (nSPS) is 16.3. The topological polar surface area (TPSA) is 68.5 Å². The van der Waals surface area contributed by atoms with Crippen molar-refractivity contribution in [2.24, 2.45) is 14.1 Å². The van der Waals surface area contributed by atoms with Crippen molar-refractivity contribution in [1.82, 2.24) is 19.4 Å². The van der Waals surface area contributed by atoms with Gasteiger partial charge in [0.1, 0.15) is 0 Å². The second kappa shape index (κ2) is 7.53. The van der Waals surface area contributed by atoms with Crippen molar-refractivity contribution in [3.8, 4) is 0 Å². The number of hydrogen-bond acceptors (Lipinski definition) is 5. The molecular weight excluding hydrogens is 272 g/mol. The molecule has 0 unspecified atom stereocenters. The highest BCUT2D eigenvalue weighted by atomic mass is 16.5. The standard InChI is InChI=1S/C14H24N4O3/c1-16-12(10-13(19)17(2)14(16)20)11-15-4-3-5-18-6-8-21-9-7-18/h10,15H,3-9,11H2,1-2H3. The average Bonchev–Trinajstić information content (AvgIpc) is 2.50. The molecule has 0 aromatic carbocycles. The van der Waals surface area contributed by atoms with E-state index in [9.17, 15) is 9.59 Å². The second-order valence-electron chi connectivity index (χ2n) is 5.36. The van der Waals surface area contributed by atoms with E-state index in [4.69, 9.17) is 4.74 Å². The van der Waals surface area contributed by atoms with Crippen molar-refractivity contribution < 1.29 is 4.74 Å². The van der Waals surface area contributed by atoms with E-state index in [1.165, 1.54) is 17.7 Å². The Balaban J connectivity index is 1.76. The quantitative estimate of drug-likeness (QED) is 0.675. The summed E-state index contributed by atoms with van der Waals surface area (Å²) in [6, 6.07) is 1.51. The van der Waals surface area contributed by atoms with Crippen LogP contribution in [-0.4, -0.2) is 53.4 Å². The maximum absolute atomic E-state index is 11.8. The van der Waals surface area contributed by atoms with E-state index in [1.807, 2.05) is 0 Å². The summed E-state index contributed by atoms with van der Waals surface area (Å²) in [7, 11) is 3.18. The average molecular weight is 296 g/mol. The summed E-state index contributed by atoms with van der Waals surface area (Å²) in [6.45, 7) is 6.09. The monoisotopic (exact) mass is 296 g/mol. The van der Waals surface area contributed by atoms with E-state index in [1.54, 1.807) is 7.05 Å². The van der Waals surface area contributed by atoms with Crippen molar-refractivity contribution >= 4 is 0 Å². The van der Waals surface area contributed by atoms with Crippen LogP contribution in [0, 0.1) is 0 Å². The number of nitrogens with zero attached hydrogens (tertiary/aromatic N) is 3. The molecule has 0 bridgehead atoms. The van der Waals surface area contributed by atoms with Gasteiger partial charge < -0.3 is 10.1 Å². The molecule has 0 amide bonds. The van der Waals surface area contributed by atoms with Crippen LogP contribution in [0.15, 0.2) is 15.7 Å². The smallest absolute Gasteiger partial charge is 0.330 e. The molecule has 0 radical (unpaired) electrons. The minimum absolute atomic E-state index is 0.261. The summed E-state index contributed by atoms with van der Waals surface area (Å²) < 4.78 is 7.93. The first-order valence-electron chi connectivity index (χ1n) is 7.36. The van der Waals surface area contributed by atoms with Gasteiger partial charge in [-0.1, -0.05) is 0 Å². The van der Waals surface area contributed by atoms with Crippen molar-refractivity contribution in [3.63, 3.8) is 0 Å². The minimum Gasteiger partial charge on any atom is -0.379 e. The Kier molecular flexibility index (Phi) is 5.72. The highest BCUT2D eigenvalue weighted by molar-refractivity contribution is 5.01. The van der Waals surface area contributed by atoms with Crippen LogP contribution in [0.1, 0.15) is 12.1 Å². The summed E-state index contributed by atoms with van der Waals surface area (Å²) >= 11 is 0. The molecule has 1 aromatic heterocycles. The SMILES string of the molecule is Cn1c(CNCCCN2CCOCC2)cc(=O)n(C)c1=O. The lowest BCUT2D eigenvalue weighted by Gasteiger charge is -2.26. The van der Waals surface area contributed by atoms with Gasteiger partial charge in [0.25, 0.3) is 5.56 Å². The van der Waals surface area contributed by atoms with Crippen LogP contribution in [0.2, 0.25) is 0 Å². The van der Waals surface area contributed by atoms with Crippen molar-refractivity contribution in [2.45, 2.75) is 13.0 Å². The first-order valence-corrected chi connectivity index (χ1v) is 7.36. The molecular formula is C14H24N4O3. The van der Waals surface area contributed by atoms with E-state index in [0.717, 1.165) is 56.1 Å². The van der Waals surface area contributed by atoms with Gasteiger partial charge >= 0.3 is 5.69 Å². The number of aromatic nitrogens is 2. The number of ether oxygens (including phenoxy) is 1. The van der Waals surface area contributed by atoms with Gasteiger partial charge in [0.2, 0.25) is 0 Å². The molecule has 1 aromatic rings. The third-order valence-corrected chi connectivity index (χ3v) is 3.86. The van der Waals surface area contributed by atoms with Crippen LogP contribution in [0.4, 0.5) is 0 Å². The Hall–Kier alpha value is -1.44. The molecule has 118 valence electrons. The third-order valence-electron chi connectivity index (χ3n) is 3.86. The number of hydrogen-bond donors (Lipinski definition) is 1. The number of morpholine rings is 1. The fraction of sp³-hybridized carbons (Fsp3) is 0.714. The van der Waals surface area contributed by atoms with Crippen LogP contribution in [0.5, 0.6) is 0 Å². The van der Waals surface area contributed by atoms with Gasteiger partial charge in [0, 0.05) is 45.5 Å². The molecule has 1 saturated heterocycles. The lowest BCUT2D eigenvalue weighted by Crippen LogP contribution is -2.39. The molecule has 0 saturated carbocycles. The Labute approximate surface area is 124 Å². The molecule has 1 fully saturated rings. The van der Waals surface area contributed by atoms with E-state index < -0.39 is 0 Å². The largest absolute Gasteiger partial charge is 0.379 e. The van der Waals surface area contributed by atoms with E-state index in [-0.39, 0.29) is 11.2 Å². The van der Waals surface area contributed by atoms with Gasteiger partial charge in [-0.15, -0.1) is 0 Å². The molecule has 1 aliphatic rings. The maximum Gasteiger partial charge on any atom is 0.330 e. The van der Waals surface area contributed by atoms with Gasteiger partial charge in [0.15, 0.2) is 0 Å². The first kappa shape index (κ1) is 15.9. The molecule has 1 aliphatic heterocycles. The Morgan fingerprint density at radius 2 is 1.90 bits per heavy atom. The van der Waals surface area contributed by atoms with Crippen molar-refractivity contribution in [1.29, 1.82) is 0 Å². The summed E-state index contributed by atoms with van der Waals surface area (Å²) in [5.41, 5.74) is 0.172. The summed E-state index contributed by atoms with van der Waals surface area (Å²) in [5.74, 6) is 0. The highest BCUT2D eigenvalue weighted by Gasteiger charge is 2.09. The lowest BCUT2D eigenvalue weighted by molar-refractivity contribution is 0.0374. The molecule has 2 rings (SSSR count). The van der Waals surface area contributed by atoms with Gasteiger partial charge in [0.05, 0.1) is 13.2 Å². The Morgan fingerprint density at radius 1 is 1.19 bits per heavy atom. The predicted octanol–water partition coefficient (Wildman–Crippen LogP) is -1.10. The molecule has 1 N–H and O–H groups in total. The van der Waals surface area contributed by atoms with Gasteiger partial charge in [-0.2, -0.15) is 0 Å². The molecule has 0 atom stereocenters. The highest BCUT2D eigenvalue weighted by Crippen LogP contribution is 1.97. The fourth-order valence-corrected chi connectivity index (χ4v) is 2.42. The molecule has 7 heteroatoms. The Morgan fingerprint density at radius 3 is 2.62 bits per heavy atom. The van der Waals surface area contributed by atoms with Crippen LogP contribution >= 0.6 is 0 Å². The van der Waals surface area contributed by atoms with E-state index in [0.29, 0.717) is 6.54 Å². The fourth-order valence-electron chi connectivity index (χ4n) is 2.42. The first-order chi connectivity index (χ1) is 10.1. The van der Waals surface area contributed by atoms with Gasteiger partial charge in [-0.25, -0.2) is 4.79 Å². The predicted molar refractivity (Wildman–Crippen MR) is 80.5 cm³/mol. The molecule has 7 nitrogen and oxygen atoms in total. The summed E-state index contributed by atoms with van der Waals surface area (Å²) in [6.07, 6.45) is 1.04. The zero-order valence-electron chi connectivity index (χ0n) is 12.8.